The van der Waals surface area contributed by atoms with E-state index in [1.54, 1.807) is 29.9 Å². The Kier molecular flexibility index (Phi) is 7.00. The van der Waals surface area contributed by atoms with Gasteiger partial charge in [-0.25, -0.2) is 4.98 Å². The van der Waals surface area contributed by atoms with Gasteiger partial charge in [-0.15, -0.1) is 10.2 Å². The number of nitrogens with one attached hydrogen (secondary N) is 1. The highest BCUT2D eigenvalue weighted by atomic mass is 32.1. The van der Waals surface area contributed by atoms with Crippen molar-refractivity contribution in [3.05, 3.63) is 88.0 Å². The molecule has 5 aromatic rings. The summed E-state index contributed by atoms with van der Waals surface area (Å²) in [6.45, 7) is 5.40. The average Bonchev–Trinajstić information content (AvgIpc) is 3.73. The van der Waals surface area contributed by atoms with Crippen molar-refractivity contribution in [3.8, 4) is 44.8 Å². The van der Waals surface area contributed by atoms with Crippen LogP contribution in [0.15, 0.2) is 76.3 Å². The van der Waals surface area contributed by atoms with Gasteiger partial charge in [0.15, 0.2) is 0 Å². The summed E-state index contributed by atoms with van der Waals surface area (Å²) in [5.41, 5.74) is 3.76. The summed E-state index contributed by atoms with van der Waals surface area (Å²) in [6.07, 6.45) is 4.59. The van der Waals surface area contributed by atoms with E-state index in [-0.39, 0.29) is 11.5 Å². The summed E-state index contributed by atoms with van der Waals surface area (Å²) in [6, 6.07) is 16.6. The molecule has 40 heavy (non-hydrogen) atoms. The maximum absolute atomic E-state index is 12.3. The number of hydrogen-bond donors (Lipinski definition) is 1. The smallest absolute Gasteiger partial charge is 0.247 e. The Balaban J connectivity index is 1.29. The molecule has 1 aliphatic heterocycles. The zero-order valence-electron chi connectivity index (χ0n) is 22.1. The Hall–Kier alpha value is -4.57. The SMILES string of the molecule is CC(C)c1nnc(-c2ccc(Oc3cc(-c4nc(-c5ccc(=O)[nH]c5)co4)ccc3CN3CCCC3=O)cc2)s1. The molecule has 1 aliphatic rings. The van der Waals surface area contributed by atoms with Gasteiger partial charge < -0.3 is 19.0 Å². The van der Waals surface area contributed by atoms with Gasteiger partial charge in [0, 0.05) is 59.9 Å². The van der Waals surface area contributed by atoms with Gasteiger partial charge in [-0.2, -0.15) is 0 Å². The molecule has 0 unspecified atom stereocenters. The van der Waals surface area contributed by atoms with Gasteiger partial charge >= 0.3 is 0 Å². The third kappa shape index (κ3) is 5.43. The number of nitrogens with zero attached hydrogens (tertiary/aromatic N) is 4. The molecular weight excluding hydrogens is 526 g/mol. The first-order valence-electron chi connectivity index (χ1n) is 13.1. The van der Waals surface area contributed by atoms with Crippen LogP contribution in [0.1, 0.15) is 43.2 Å². The van der Waals surface area contributed by atoms with Crippen LogP contribution in [-0.2, 0) is 11.3 Å². The molecule has 202 valence electrons. The van der Waals surface area contributed by atoms with E-state index in [4.69, 9.17) is 9.15 Å². The van der Waals surface area contributed by atoms with Gasteiger partial charge in [0.1, 0.15) is 33.5 Å². The fourth-order valence-corrected chi connectivity index (χ4v) is 5.33. The number of ether oxygens (including phenoxy) is 1. The maximum atomic E-state index is 12.3. The molecule has 1 amide bonds. The lowest BCUT2D eigenvalue weighted by molar-refractivity contribution is -0.128. The Bertz CT molecular complexity index is 1700. The highest BCUT2D eigenvalue weighted by Gasteiger charge is 2.22. The summed E-state index contributed by atoms with van der Waals surface area (Å²) in [5, 5.41) is 10.5. The number of oxazole rings is 1. The Morgan fingerprint density at radius 3 is 2.52 bits per heavy atom. The fraction of sp³-hybridized carbons (Fsp3) is 0.233. The molecule has 4 heterocycles. The Morgan fingerprint density at radius 1 is 1.02 bits per heavy atom. The van der Waals surface area contributed by atoms with E-state index < -0.39 is 0 Å². The number of rotatable bonds is 8. The third-order valence-corrected chi connectivity index (χ3v) is 7.97. The number of carbonyl (C=O) groups excluding carboxylic acids is 1. The number of pyridine rings is 1. The summed E-state index contributed by atoms with van der Waals surface area (Å²) >= 11 is 1.59. The number of aromatic nitrogens is 4. The number of H-pyrrole nitrogens is 1. The minimum Gasteiger partial charge on any atom is -0.457 e. The molecule has 1 saturated heterocycles. The first-order valence-corrected chi connectivity index (χ1v) is 13.9. The Morgan fingerprint density at radius 2 is 1.82 bits per heavy atom. The highest BCUT2D eigenvalue weighted by molar-refractivity contribution is 7.14. The van der Waals surface area contributed by atoms with Crippen molar-refractivity contribution in [1.82, 2.24) is 25.1 Å². The molecule has 3 aromatic heterocycles. The molecule has 0 aliphatic carbocycles. The lowest BCUT2D eigenvalue weighted by atomic mass is 10.1. The van der Waals surface area contributed by atoms with Gasteiger partial charge in [0.2, 0.25) is 17.4 Å². The van der Waals surface area contributed by atoms with Crippen LogP contribution in [0.25, 0.3) is 33.3 Å². The van der Waals surface area contributed by atoms with Gasteiger partial charge in [-0.05, 0) is 48.9 Å². The second-order valence-electron chi connectivity index (χ2n) is 9.95. The van der Waals surface area contributed by atoms with Crippen molar-refractivity contribution in [2.75, 3.05) is 6.54 Å². The van der Waals surface area contributed by atoms with Gasteiger partial charge in [-0.1, -0.05) is 31.3 Å². The lowest BCUT2D eigenvalue weighted by Gasteiger charge is -2.19. The van der Waals surface area contributed by atoms with Gasteiger partial charge in [0.05, 0.1) is 0 Å². The number of hydrogen-bond acceptors (Lipinski definition) is 8. The predicted molar refractivity (Wildman–Crippen MR) is 152 cm³/mol. The van der Waals surface area contributed by atoms with Crippen LogP contribution in [0.2, 0.25) is 0 Å². The quantitative estimate of drug-likeness (QED) is 0.241. The summed E-state index contributed by atoms with van der Waals surface area (Å²) < 4.78 is 12.2. The van der Waals surface area contributed by atoms with Gasteiger partial charge in [0.25, 0.3) is 0 Å². The molecule has 0 saturated carbocycles. The largest absolute Gasteiger partial charge is 0.457 e. The molecule has 0 radical (unpaired) electrons. The third-order valence-electron chi connectivity index (χ3n) is 6.69. The topological polar surface area (TPSA) is 114 Å². The van der Waals surface area contributed by atoms with Crippen LogP contribution < -0.4 is 10.3 Å². The molecule has 1 N–H and O–H groups in total. The second kappa shape index (κ2) is 10.9. The van der Waals surface area contributed by atoms with Crippen LogP contribution in [0, 0.1) is 0 Å². The molecule has 1 fully saturated rings. The number of benzene rings is 2. The Labute approximate surface area is 234 Å². The predicted octanol–water partition coefficient (Wildman–Crippen LogP) is 6.25. The van der Waals surface area contributed by atoms with E-state index in [9.17, 15) is 9.59 Å². The van der Waals surface area contributed by atoms with Crippen LogP contribution in [0.3, 0.4) is 0 Å². The minimum absolute atomic E-state index is 0.149. The second-order valence-corrected chi connectivity index (χ2v) is 11.0. The van der Waals surface area contributed by atoms with Crippen molar-refractivity contribution in [3.63, 3.8) is 0 Å². The minimum atomic E-state index is -0.182. The maximum Gasteiger partial charge on any atom is 0.247 e. The van der Waals surface area contributed by atoms with E-state index in [0.29, 0.717) is 42.0 Å². The van der Waals surface area contributed by atoms with Crippen molar-refractivity contribution < 1.29 is 13.9 Å². The molecule has 9 nitrogen and oxygen atoms in total. The lowest BCUT2D eigenvalue weighted by Crippen LogP contribution is -2.24. The summed E-state index contributed by atoms with van der Waals surface area (Å²) in [4.78, 5) is 32.9. The van der Waals surface area contributed by atoms with E-state index in [1.165, 1.54) is 6.07 Å². The van der Waals surface area contributed by atoms with Crippen LogP contribution >= 0.6 is 11.3 Å². The monoisotopic (exact) mass is 553 g/mol. The van der Waals surface area contributed by atoms with E-state index >= 15 is 0 Å². The van der Waals surface area contributed by atoms with Crippen LogP contribution in [-0.4, -0.2) is 37.5 Å². The van der Waals surface area contributed by atoms with E-state index in [0.717, 1.165) is 45.2 Å². The molecular formula is C30H27N5O4S. The van der Waals surface area contributed by atoms with Crippen LogP contribution in [0.5, 0.6) is 11.5 Å². The zero-order chi connectivity index (χ0) is 27.6. The number of carbonyl (C=O) groups is 1. The van der Waals surface area contributed by atoms with Gasteiger partial charge in [-0.3, -0.25) is 9.59 Å². The van der Waals surface area contributed by atoms with Crippen LogP contribution in [0.4, 0.5) is 0 Å². The molecule has 2 aromatic carbocycles. The first kappa shape index (κ1) is 25.7. The molecule has 0 bridgehead atoms. The van der Waals surface area contributed by atoms with Crippen molar-refractivity contribution >= 4 is 17.2 Å². The average molecular weight is 554 g/mol. The van der Waals surface area contributed by atoms with E-state index in [2.05, 4.69) is 34.0 Å². The number of likely N-dealkylation sites (tertiary alicyclic amines) is 1. The molecule has 6 rings (SSSR count). The highest BCUT2D eigenvalue weighted by Crippen LogP contribution is 2.35. The summed E-state index contributed by atoms with van der Waals surface area (Å²) in [5.74, 6) is 2.17. The zero-order valence-corrected chi connectivity index (χ0v) is 22.9. The fourth-order valence-electron chi connectivity index (χ4n) is 4.48. The number of amides is 1. The van der Waals surface area contributed by atoms with Crippen molar-refractivity contribution in [2.45, 2.75) is 39.2 Å². The summed E-state index contributed by atoms with van der Waals surface area (Å²) in [7, 11) is 0. The van der Waals surface area contributed by atoms with Crippen molar-refractivity contribution in [2.24, 2.45) is 0 Å². The van der Waals surface area contributed by atoms with E-state index in [1.807, 2.05) is 47.4 Å². The first-order chi connectivity index (χ1) is 19.4. The molecule has 10 heteroatoms. The van der Waals surface area contributed by atoms with Crippen molar-refractivity contribution in [1.29, 1.82) is 0 Å². The molecule has 0 atom stereocenters. The number of aromatic amines is 1. The molecule has 0 spiro atoms. The standard InChI is InChI=1S/C30H27N5O4S/c1-18(2)29-33-34-30(40-29)19-7-10-23(11-8-19)39-25-14-20(5-6-22(25)16-35-13-3-4-27(35)37)28-32-24(17-38-28)21-9-12-26(36)31-15-21/h5-12,14-15,17-18H,3-4,13,16H2,1-2H3,(H,31,36). The normalized spacial score (nSPS) is 13.4.